The van der Waals surface area contributed by atoms with Crippen LogP contribution in [0.2, 0.25) is 0 Å². The molecule has 0 unspecified atom stereocenters. The lowest BCUT2D eigenvalue weighted by molar-refractivity contribution is 0.0747. The van der Waals surface area contributed by atoms with E-state index in [9.17, 15) is 9.18 Å². The lowest BCUT2D eigenvalue weighted by Gasteiger charge is -2.23. The molecule has 0 atom stereocenters. The lowest BCUT2D eigenvalue weighted by Crippen LogP contribution is -2.34. The third-order valence-electron chi connectivity index (χ3n) is 3.38. The van der Waals surface area contributed by atoms with Crippen molar-refractivity contribution in [1.82, 2.24) is 4.90 Å². The van der Waals surface area contributed by atoms with Gasteiger partial charge in [0.1, 0.15) is 5.82 Å². The van der Waals surface area contributed by atoms with Crippen LogP contribution in [0, 0.1) is 18.7 Å². The van der Waals surface area contributed by atoms with Crippen LogP contribution < -0.4 is 0 Å². The monoisotopic (exact) mass is 249 g/mol. The zero-order valence-corrected chi connectivity index (χ0v) is 11.1. The van der Waals surface area contributed by atoms with Gasteiger partial charge in [-0.1, -0.05) is 6.92 Å². The highest BCUT2D eigenvalue weighted by Gasteiger charge is 2.27. The first-order valence-electron chi connectivity index (χ1n) is 6.67. The van der Waals surface area contributed by atoms with Gasteiger partial charge in [0.25, 0.3) is 5.91 Å². The SMILES string of the molecule is CCCN(CC1CC1)C(=O)c1ccc(F)cc1C. The van der Waals surface area contributed by atoms with Crippen molar-refractivity contribution in [1.29, 1.82) is 0 Å². The van der Waals surface area contributed by atoms with Crippen LogP contribution in [0.25, 0.3) is 0 Å². The van der Waals surface area contributed by atoms with E-state index in [1.165, 1.54) is 25.0 Å². The average Bonchev–Trinajstić information content (AvgIpc) is 3.11. The van der Waals surface area contributed by atoms with Gasteiger partial charge in [-0.05, 0) is 55.9 Å². The predicted octanol–water partition coefficient (Wildman–Crippen LogP) is 3.40. The molecule has 3 heteroatoms. The molecule has 1 aliphatic carbocycles. The molecule has 1 aromatic carbocycles. The van der Waals surface area contributed by atoms with Gasteiger partial charge in [-0.2, -0.15) is 0 Å². The summed E-state index contributed by atoms with van der Waals surface area (Å²) in [5, 5.41) is 0. The van der Waals surface area contributed by atoms with Crippen LogP contribution in [-0.4, -0.2) is 23.9 Å². The molecule has 2 rings (SSSR count). The minimum atomic E-state index is -0.284. The molecule has 0 radical (unpaired) electrons. The molecule has 2 nitrogen and oxygen atoms in total. The summed E-state index contributed by atoms with van der Waals surface area (Å²) in [6.45, 7) is 5.50. The van der Waals surface area contributed by atoms with Crippen molar-refractivity contribution < 1.29 is 9.18 Å². The standard InChI is InChI=1S/C15H20FNO/c1-3-8-17(10-12-4-5-12)15(18)14-7-6-13(16)9-11(14)2/h6-7,9,12H,3-5,8,10H2,1-2H3. The van der Waals surface area contributed by atoms with Crippen molar-refractivity contribution >= 4 is 5.91 Å². The summed E-state index contributed by atoms with van der Waals surface area (Å²) < 4.78 is 13.1. The molecule has 0 aliphatic heterocycles. The van der Waals surface area contributed by atoms with Crippen LogP contribution in [0.3, 0.4) is 0 Å². The fourth-order valence-electron chi connectivity index (χ4n) is 2.20. The number of carbonyl (C=O) groups excluding carboxylic acids is 1. The first-order chi connectivity index (χ1) is 8.61. The summed E-state index contributed by atoms with van der Waals surface area (Å²) in [7, 11) is 0. The summed E-state index contributed by atoms with van der Waals surface area (Å²) in [5.41, 5.74) is 1.35. The van der Waals surface area contributed by atoms with Gasteiger partial charge in [-0.15, -0.1) is 0 Å². The number of halogens is 1. The molecule has 0 N–H and O–H groups in total. The molecule has 1 fully saturated rings. The number of nitrogens with zero attached hydrogens (tertiary/aromatic N) is 1. The Labute approximate surface area is 108 Å². The molecule has 1 saturated carbocycles. The molecule has 1 aromatic rings. The summed E-state index contributed by atoms with van der Waals surface area (Å²) in [5.74, 6) is 0.441. The Morgan fingerprint density at radius 1 is 1.44 bits per heavy atom. The van der Waals surface area contributed by atoms with Crippen molar-refractivity contribution in [2.75, 3.05) is 13.1 Å². The Morgan fingerprint density at radius 3 is 2.72 bits per heavy atom. The van der Waals surface area contributed by atoms with Crippen LogP contribution >= 0.6 is 0 Å². The van der Waals surface area contributed by atoms with Crippen molar-refractivity contribution in [3.63, 3.8) is 0 Å². The Hall–Kier alpha value is -1.38. The van der Waals surface area contributed by atoms with Crippen LogP contribution in [-0.2, 0) is 0 Å². The number of aryl methyl sites for hydroxylation is 1. The molecule has 0 aromatic heterocycles. The number of amides is 1. The summed E-state index contributed by atoms with van der Waals surface area (Å²) >= 11 is 0. The highest BCUT2D eigenvalue weighted by atomic mass is 19.1. The van der Waals surface area contributed by atoms with E-state index in [1.54, 1.807) is 13.0 Å². The maximum Gasteiger partial charge on any atom is 0.254 e. The number of hydrogen-bond donors (Lipinski definition) is 0. The summed E-state index contributed by atoms with van der Waals surface area (Å²) in [6.07, 6.45) is 3.42. The fraction of sp³-hybridized carbons (Fsp3) is 0.533. The topological polar surface area (TPSA) is 20.3 Å². The number of rotatable bonds is 5. The van der Waals surface area contributed by atoms with E-state index in [-0.39, 0.29) is 11.7 Å². The second kappa shape index (κ2) is 5.51. The molecule has 98 valence electrons. The van der Waals surface area contributed by atoms with Gasteiger partial charge >= 0.3 is 0 Å². The Balaban J connectivity index is 2.15. The molecule has 1 aliphatic rings. The Morgan fingerprint density at radius 2 is 2.17 bits per heavy atom. The predicted molar refractivity (Wildman–Crippen MR) is 70.1 cm³/mol. The minimum Gasteiger partial charge on any atom is -0.338 e. The number of carbonyl (C=O) groups is 1. The van der Waals surface area contributed by atoms with E-state index in [1.807, 2.05) is 4.90 Å². The molecule has 0 spiro atoms. The second-order valence-electron chi connectivity index (χ2n) is 5.15. The third kappa shape index (κ3) is 3.09. The van der Waals surface area contributed by atoms with Gasteiger partial charge in [0.05, 0.1) is 0 Å². The molecule has 18 heavy (non-hydrogen) atoms. The van der Waals surface area contributed by atoms with E-state index in [0.717, 1.165) is 25.1 Å². The largest absolute Gasteiger partial charge is 0.338 e. The first-order valence-corrected chi connectivity index (χ1v) is 6.67. The third-order valence-corrected chi connectivity index (χ3v) is 3.38. The molecular weight excluding hydrogens is 229 g/mol. The highest BCUT2D eigenvalue weighted by Crippen LogP contribution is 2.30. The van der Waals surface area contributed by atoms with E-state index in [2.05, 4.69) is 6.92 Å². The highest BCUT2D eigenvalue weighted by molar-refractivity contribution is 5.95. The quantitative estimate of drug-likeness (QED) is 0.783. The second-order valence-corrected chi connectivity index (χ2v) is 5.15. The van der Waals surface area contributed by atoms with Crippen molar-refractivity contribution in [2.45, 2.75) is 33.1 Å². The van der Waals surface area contributed by atoms with Gasteiger partial charge < -0.3 is 4.90 Å². The molecule has 0 heterocycles. The Bertz CT molecular complexity index is 440. The molecule has 0 saturated heterocycles. The first kappa shape index (κ1) is 13.1. The van der Waals surface area contributed by atoms with Crippen molar-refractivity contribution in [3.8, 4) is 0 Å². The Kier molecular flexibility index (Phi) is 4.00. The van der Waals surface area contributed by atoms with Crippen LogP contribution in [0.15, 0.2) is 18.2 Å². The molecule has 0 bridgehead atoms. The van der Waals surface area contributed by atoms with Gasteiger partial charge in [0.15, 0.2) is 0 Å². The van der Waals surface area contributed by atoms with Crippen molar-refractivity contribution in [2.24, 2.45) is 5.92 Å². The van der Waals surface area contributed by atoms with Gasteiger partial charge in [0.2, 0.25) is 0 Å². The van der Waals surface area contributed by atoms with E-state index in [4.69, 9.17) is 0 Å². The molecule has 1 amide bonds. The average molecular weight is 249 g/mol. The van der Waals surface area contributed by atoms with Gasteiger partial charge in [-0.3, -0.25) is 4.79 Å². The van der Waals surface area contributed by atoms with Crippen molar-refractivity contribution in [3.05, 3.63) is 35.1 Å². The fourth-order valence-corrected chi connectivity index (χ4v) is 2.20. The van der Waals surface area contributed by atoms with E-state index >= 15 is 0 Å². The summed E-state index contributed by atoms with van der Waals surface area (Å²) in [4.78, 5) is 14.3. The lowest BCUT2D eigenvalue weighted by atomic mass is 10.1. The van der Waals surface area contributed by atoms with Gasteiger partial charge in [-0.25, -0.2) is 4.39 Å². The molecular formula is C15H20FNO. The van der Waals surface area contributed by atoms with Crippen LogP contribution in [0.1, 0.15) is 42.1 Å². The zero-order chi connectivity index (χ0) is 13.1. The van der Waals surface area contributed by atoms with Crippen LogP contribution in [0.5, 0.6) is 0 Å². The minimum absolute atomic E-state index is 0.0428. The van der Waals surface area contributed by atoms with E-state index in [0.29, 0.717) is 11.5 Å². The number of benzene rings is 1. The smallest absolute Gasteiger partial charge is 0.254 e. The number of hydrogen-bond acceptors (Lipinski definition) is 1. The van der Waals surface area contributed by atoms with E-state index < -0.39 is 0 Å². The van der Waals surface area contributed by atoms with Gasteiger partial charge in [0, 0.05) is 18.7 Å². The zero-order valence-electron chi connectivity index (χ0n) is 11.1. The maximum absolute atomic E-state index is 13.1. The normalized spacial score (nSPS) is 14.6. The van der Waals surface area contributed by atoms with Crippen LogP contribution in [0.4, 0.5) is 4.39 Å². The summed E-state index contributed by atoms with van der Waals surface area (Å²) in [6, 6.07) is 4.39. The maximum atomic E-state index is 13.1.